The number of nitrogens with zero attached hydrogens (tertiary/aromatic N) is 3. The Morgan fingerprint density at radius 2 is 1.91 bits per heavy atom. The summed E-state index contributed by atoms with van der Waals surface area (Å²) in [5.74, 6) is 1.10. The van der Waals surface area contributed by atoms with Gasteiger partial charge in [0.05, 0.1) is 11.2 Å². The topological polar surface area (TPSA) is 59.4 Å². The van der Waals surface area contributed by atoms with Crippen LogP contribution in [0.1, 0.15) is 17.0 Å². The number of benzene rings is 1. The molecule has 0 aliphatic carbocycles. The SMILES string of the molecule is Cc1cc(C)nc(N/N=C/C2=Cc3cc(Cl)cc(Cl)c3OC2)n1. The van der Waals surface area contributed by atoms with Gasteiger partial charge in [0.2, 0.25) is 5.95 Å². The minimum absolute atomic E-state index is 0.382. The van der Waals surface area contributed by atoms with E-state index in [9.17, 15) is 0 Å². The van der Waals surface area contributed by atoms with E-state index in [-0.39, 0.29) is 0 Å². The molecule has 0 amide bonds. The maximum Gasteiger partial charge on any atom is 0.243 e. The van der Waals surface area contributed by atoms with Crippen LogP contribution in [-0.2, 0) is 0 Å². The third kappa shape index (κ3) is 3.81. The number of hydrazone groups is 1. The lowest BCUT2D eigenvalue weighted by atomic mass is 10.1. The summed E-state index contributed by atoms with van der Waals surface area (Å²) in [4.78, 5) is 8.51. The van der Waals surface area contributed by atoms with Crippen LogP contribution in [0.15, 0.2) is 28.9 Å². The minimum Gasteiger partial charge on any atom is -0.487 e. The van der Waals surface area contributed by atoms with Crippen LogP contribution >= 0.6 is 23.2 Å². The van der Waals surface area contributed by atoms with Gasteiger partial charge in [0.15, 0.2) is 0 Å². The third-order valence-electron chi connectivity index (χ3n) is 3.14. The molecule has 0 atom stereocenters. The molecule has 0 saturated heterocycles. The minimum atomic E-state index is 0.382. The predicted octanol–water partition coefficient (Wildman–Crippen LogP) is 4.27. The monoisotopic (exact) mass is 348 g/mol. The molecular weight excluding hydrogens is 335 g/mol. The Morgan fingerprint density at radius 1 is 1.17 bits per heavy atom. The number of aromatic nitrogens is 2. The van der Waals surface area contributed by atoms with Crippen molar-refractivity contribution < 1.29 is 4.74 Å². The lowest BCUT2D eigenvalue weighted by Crippen LogP contribution is -2.09. The second-order valence-electron chi connectivity index (χ2n) is 5.16. The Labute approximate surface area is 144 Å². The normalized spacial score (nSPS) is 13.5. The maximum absolute atomic E-state index is 6.11. The number of aryl methyl sites for hydroxylation is 2. The fourth-order valence-electron chi connectivity index (χ4n) is 2.26. The van der Waals surface area contributed by atoms with E-state index in [0.29, 0.717) is 28.3 Å². The Bertz CT molecular complexity index is 798. The number of fused-ring (bicyclic) bond motifs is 1. The lowest BCUT2D eigenvalue weighted by molar-refractivity contribution is 0.354. The summed E-state index contributed by atoms with van der Waals surface area (Å²) in [6, 6.07) is 5.36. The van der Waals surface area contributed by atoms with Gasteiger partial charge in [-0.2, -0.15) is 5.10 Å². The second kappa shape index (κ2) is 6.56. The van der Waals surface area contributed by atoms with Gasteiger partial charge in [-0.25, -0.2) is 15.4 Å². The van der Waals surface area contributed by atoms with Gasteiger partial charge in [0.25, 0.3) is 0 Å². The van der Waals surface area contributed by atoms with Crippen molar-refractivity contribution >= 4 is 41.4 Å². The van der Waals surface area contributed by atoms with Crippen LogP contribution in [-0.4, -0.2) is 22.8 Å². The molecule has 0 unspecified atom stereocenters. The molecular formula is C16H14Cl2N4O. The van der Waals surface area contributed by atoms with Crippen molar-refractivity contribution in [1.82, 2.24) is 9.97 Å². The van der Waals surface area contributed by atoms with Crippen molar-refractivity contribution in [3.8, 4) is 5.75 Å². The van der Waals surface area contributed by atoms with Gasteiger partial charge in [0, 0.05) is 27.5 Å². The molecule has 118 valence electrons. The smallest absolute Gasteiger partial charge is 0.243 e. The summed E-state index contributed by atoms with van der Waals surface area (Å²) in [5.41, 5.74) is 6.30. The van der Waals surface area contributed by atoms with E-state index in [4.69, 9.17) is 27.9 Å². The van der Waals surface area contributed by atoms with Crippen molar-refractivity contribution in [1.29, 1.82) is 0 Å². The number of rotatable bonds is 3. The zero-order valence-electron chi connectivity index (χ0n) is 12.6. The quantitative estimate of drug-likeness (QED) is 0.664. The maximum atomic E-state index is 6.11. The fourth-order valence-corrected chi connectivity index (χ4v) is 2.82. The number of hydrogen-bond donors (Lipinski definition) is 1. The zero-order chi connectivity index (χ0) is 16.4. The van der Waals surface area contributed by atoms with Gasteiger partial charge in [-0.3, -0.25) is 0 Å². The third-order valence-corrected chi connectivity index (χ3v) is 3.64. The van der Waals surface area contributed by atoms with Gasteiger partial charge in [0.1, 0.15) is 12.4 Å². The van der Waals surface area contributed by atoms with E-state index < -0.39 is 0 Å². The lowest BCUT2D eigenvalue weighted by Gasteiger charge is -2.17. The van der Waals surface area contributed by atoms with E-state index in [2.05, 4.69) is 20.5 Å². The molecule has 0 spiro atoms. The Morgan fingerprint density at radius 3 is 2.65 bits per heavy atom. The zero-order valence-corrected chi connectivity index (χ0v) is 14.1. The van der Waals surface area contributed by atoms with Crippen molar-refractivity contribution in [3.63, 3.8) is 0 Å². The highest BCUT2D eigenvalue weighted by Gasteiger charge is 2.14. The van der Waals surface area contributed by atoms with Gasteiger partial charge in [-0.05, 0) is 38.1 Å². The molecule has 0 fully saturated rings. The molecule has 1 aliphatic rings. The summed E-state index contributed by atoms with van der Waals surface area (Å²) < 4.78 is 5.65. The highest BCUT2D eigenvalue weighted by atomic mass is 35.5. The molecule has 5 nitrogen and oxygen atoms in total. The summed E-state index contributed by atoms with van der Waals surface area (Å²) >= 11 is 12.1. The van der Waals surface area contributed by atoms with E-state index in [1.165, 1.54) is 0 Å². The molecule has 23 heavy (non-hydrogen) atoms. The van der Waals surface area contributed by atoms with Crippen molar-refractivity contribution in [3.05, 3.63) is 50.8 Å². The van der Waals surface area contributed by atoms with Gasteiger partial charge in [-0.1, -0.05) is 23.2 Å². The summed E-state index contributed by atoms with van der Waals surface area (Å²) in [6.45, 7) is 4.20. The molecule has 0 radical (unpaired) electrons. The molecule has 2 aromatic rings. The van der Waals surface area contributed by atoms with Crippen LogP contribution in [0.3, 0.4) is 0 Å². The molecule has 0 bridgehead atoms. The highest BCUT2D eigenvalue weighted by molar-refractivity contribution is 6.36. The van der Waals surface area contributed by atoms with E-state index in [1.807, 2.05) is 26.0 Å². The van der Waals surface area contributed by atoms with Crippen molar-refractivity contribution in [2.45, 2.75) is 13.8 Å². The molecule has 1 aliphatic heterocycles. The Balaban J connectivity index is 1.76. The number of ether oxygens (including phenoxy) is 1. The van der Waals surface area contributed by atoms with Crippen molar-refractivity contribution in [2.75, 3.05) is 12.0 Å². The summed E-state index contributed by atoms with van der Waals surface area (Å²) in [6.07, 6.45) is 3.60. The molecule has 2 heterocycles. The average Bonchev–Trinajstić information content (AvgIpc) is 2.45. The van der Waals surface area contributed by atoms with Gasteiger partial charge < -0.3 is 4.74 Å². The molecule has 3 rings (SSSR count). The van der Waals surface area contributed by atoms with Crippen LogP contribution in [0.25, 0.3) is 6.08 Å². The Kier molecular flexibility index (Phi) is 4.50. The first-order valence-corrected chi connectivity index (χ1v) is 7.70. The van der Waals surface area contributed by atoms with Crippen LogP contribution in [0.2, 0.25) is 10.0 Å². The number of hydrogen-bond acceptors (Lipinski definition) is 5. The van der Waals surface area contributed by atoms with E-state index in [1.54, 1.807) is 18.3 Å². The number of halogens is 2. The molecule has 7 heteroatoms. The van der Waals surface area contributed by atoms with Crippen LogP contribution < -0.4 is 10.2 Å². The number of nitrogens with one attached hydrogen (secondary N) is 1. The van der Waals surface area contributed by atoms with E-state index in [0.717, 1.165) is 22.5 Å². The van der Waals surface area contributed by atoms with Crippen LogP contribution in [0.4, 0.5) is 5.95 Å². The van der Waals surface area contributed by atoms with E-state index >= 15 is 0 Å². The van der Waals surface area contributed by atoms with Crippen LogP contribution in [0, 0.1) is 13.8 Å². The standard InChI is InChI=1S/C16H14Cl2N4O/c1-9-3-10(2)21-16(20-9)22-19-7-11-4-12-5-13(17)6-14(18)15(12)23-8-11/h3-7H,8H2,1-2H3,(H,20,21,22)/b19-7+. The first-order chi connectivity index (χ1) is 11.0. The summed E-state index contributed by atoms with van der Waals surface area (Å²) in [7, 11) is 0. The largest absolute Gasteiger partial charge is 0.487 e. The molecule has 1 N–H and O–H groups in total. The van der Waals surface area contributed by atoms with Gasteiger partial charge in [-0.15, -0.1) is 0 Å². The molecule has 1 aromatic heterocycles. The predicted molar refractivity (Wildman–Crippen MR) is 93.6 cm³/mol. The first-order valence-electron chi connectivity index (χ1n) is 6.95. The Hall–Kier alpha value is -2.11. The molecule has 1 aromatic carbocycles. The van der Waals surface area contributed by atoms with Gasteiger partial charge >= 0.3 is 0 Å². The first kappa shape index (κ1) is 15.8. The highest BCUT2D eigenvalue weighted by Crippen LogP contribution is 2.36. The average molecular weight is 349 g/mol. The fraction of sp³-hybridized carbons (Fsp3) is 0.188. The summed E-state index contributed by atoms with van der Waals surface area (Å²) in [5, 5.41) is 5.22. The number of anilines is 1. The van der Waals surface area contributed by atoms with Crippen molar-refractivity contribution in [2.24, 2.45) is 5.10 Å². The van der Waals surface area contributed by atoms with Crippen LogP contribution in [0.5, 0.6) is 5.75 Å². The molecule has 0 saturated carbocycles. The second-order valence-corrected chi connectivity index (χ2v) is 6.00.